The molecule has 1 heterocycles. The van der Waals surface area contributed by atoms with Crippen LogP contribution in [-0.2, 0) is 20.7 Å². The van der Waals surface area contributed by atoms with Crippen molar-refractivity contribution in [1.29, 1.82) is 0 Å². The van der Waals surface area contributed by atoms with Crippen LogP contribution in [0.5, 0.6) is 0 Å². The lowest BCUT2D eigenvalue weighted by atomic mass is 9.88. The Hall–Kier alpha value is -1.64. The Morgan fingerprint density at radius 3 is 2.88 bits per heavy atom. The van der Waals surface area contributed by atoms with Crippen LogP contribution < -0.4 is 0 Å². The Balaban J connectivity index is 2.02. The van der Waals surface area contributed by atoms with Crippen LogP contribution >= 0.6 is 0 Å². The van der Waals surface area contributed by atoms with E-state index >= 15 is 0 Å². The normalized spacial score (nSPS) is 30.8. The summed E-state index contributed by atoms with van der Waals surface area (Å²) in [5.41, 5.74) is 2.28. The molecular weight excluding hydrogens is 204 g/mol. The SMILES string of the molecule is CC(=O)C1C(=O)OC2c3ccccc3CC12. The van der Waals surface area contributed by atoms with Gasteiger partial charge in [-0.05, 0) is 24.5 Å². The topological polar surface area (TPSA) is 43.4 Å². The number of Topliss-reactive ketones (excluding diaryl/α,β-unsaturated/α-hetero) is 1. The fourth-order valence-corrected chi connectivity index (χ4v) is 2.87. The van der Waals surface area contributed by atoms with Crippen molar-refractivity contribution in [3.63, 3.8) is 0 Å². The number of hydrogen-bond donors (Lipinski definition) is 0. The molecule has 3 atom stereocenters. The quantitative estimate of drug-likeness (QED) is 0.529. The van der Waals surface area contributed by atoms with E-state index in [1.54, 1.807) is 0 Å². The van der Waals surface area contributed by atoms with Crippen molar-refractivity contribution >= 4 is 11.8 Å². The van der Waals surface area contributed by atoms with Crippen LogP contribution in [0.25, 0.3) is 0 Å². The van der Waals surface area contributed by atoms with Crippen molar-refractivity contribution in [3.05, 3.63) is 35.4 Å². The average molecular weight is 216 g/mol. The number of carbonyl (C=O) groups excluding carboxylic acids is 2. The minimum Gasteiger partial charge on any atom is -0.457 e. The fourth-order valence-electron chi connectivity index (χ4n) is 2.87. The Kier molecular flexibility index (Phi) is 1.90. The molecule has 82 valence electrons. The smallest absolute Gasteiger partial charge is 0.317 e. The Morgan fingerprint density at radius 1 is 1.38 bits per heavy atom. The lowest BCUT2D eigenvalue weighted by Gasteiger charge is -2.09. The fraction of sp³-hybridized carbons (Fsp3) is 0.385. The van der Waals surface area contributed by atoms with Gasteiger partial charge in [0.25, 0.3) is 0 Å². The second-order valence-corrected chi connectivity index (χ2v) is 4.51. The molecule has 0 saturated carbocycles. The number of esters is 1. The number of ether oxygens (including phenoxy) is 1. The number of carbonyl (C=O) groups is 2. The molecule has 1 saturated heterocycles. The molecule has 0 radical (unpaired) electrons. The van der Waals surface area contributed by atoms with Crippen LogP contribution in [0.2, 0.25) is 0 Å². The first-order valence-electron chi connectivity index (χ1n) is 5.47. The summed E-state index contributed by atoms with van der Waals surface area (Å²) in [6, 6.07) is 7.94. The maximum absolute atomic E-state index is 11.6. The molecule has 2 aliphatic rings. The van der Waals surface area contributed by atoms with Crippen molar-refractivity contribution in [2.75, 3.05) is 0 Å². The monoisotopic (exact) mass is 216 g/mol. The largest absolute Gasteiger partial charge is 0.457 e. The highest BCUT2D eigenvalue weighted by Crippen LogP contribution is 2.48. The summed E-state index contributed by atoms with van der Waals surface area (Å²) in [5, 5.41) is 0. The maximum atomic E-state index is 11.6. The third-order valence-corrected chi connectivity index (χ3v) is 3.57. The van der Waals surface area contributed by atoms with Gasteiger partial charge in [-0.15, -0.1) is 0 Å². The summed E-state index contributed by atoms with van der Waals surface area (Å²) < 4.78 is 5.33. The van der Waals surface area contributed by atoms with E-state index in [1.807, 2.05) is 24.3 Å². The second-order valence-electron chi connectivity index (χ2n) is 4.51. The van der Waals surface area contributed by atoms with Gasteiger partial charge in [0, 0.05) is 5.92 Å². The van der Waals surface area contributed by atoms with Gasteiger partial charge in [0.1, 0.15) is 17.8 Å². The zero-order valence-corrected chi connectivity index (χ0v) is 8.97. The number of ketones is 1. The second kappa shape index (κ2) is 3.17. The lowest BCUT2D eigenvalue weighted by Crippen LogP contribution is -2.23. The van der Waals surface area contributed by atoms with Gasteiger partial charge in [0.2, 0.25) is 0 Å². The average Bonchev–Trinajstić information content (AvgIpc) is 2.71. The van der Waals surface area contributed by atoms with Crippen LogP contribution in [0.3, 0.4) is 0 Å². The summed E-state index contributed by atoms with van der Waals surface area (Å²) in [4.78, 5) is 23.0. The molecule has 0 spiro atoms. The van der Waals surface area contributed by atoms with E-state index in [-0.39, 0.29) is 23.8 Å². The van der Waals surface area contributed by atoms with E-state index < -0.39 is 5.92 Å². The highest BCUT2D eigenvalue weighted by Gasteiger charge is 2.51. The van der Waals surface area contributed by atoms with E-state index in [2.05, 4.69) is 0 Å². The predicted molar refractivity (Wildman–Crippen MR) is 56.6 cm³/mol. The summed E-state index contributed by atoms with van der Waals surface area (Å²) in [6.45, 7) is 1.47. The van der Waals surface area contributed by atoms with Gasteiger partial charge in [-0.2, -0.15) is 0 Å². The van der Waals surface area contributed by atoms with Crippen molar-refractivity contribution in [3.8, 4) is 0 Å². The van der Waals surface area contributed by atoms with Gasteiger partial charge in [-0.25, -0.2) is 0 Å². The summed E-state index contributed by atoms with van der Waals surface area (Å²) in [5.74, 6) is -0.970. The number of fused-ring (bicyclic) bond motifs is 3. The van der Waals surface area contributed by atoms with Crippen LogP contribution in [0.1, 0.15) is 24.2 Å². The van der Waals surface area contributed by atoms with E-state index in [0.717, 1.165) is 12.0 Å². The molecule has 3 heteroatoms. The number of rotatable bonds is 1. The van der Waals surface area contributed by atoms with Crippen LogP contribution in [0.15, 0.2) is 24.3 Å². The first-order chi connectivity index (χ1) is 7.68. The highest BCUT2D eigenvalue weighted by atomic mass is 16.6. The molecule has 1 aromatic carbocycles. The minimum atomic E-state index is -0.558. The molecule has 3 nitrogen and oxygen atoms in total. The van der Waals surface area contributed by atoms with Gasteiger partial charge < -0.3 is 4.74 Å². The van der Waals surface area contributed by atoms with E-state index in [9.17, 15) is 9.59 Å². The van der Waals surface area contributed by atoms with Gasteiger partial charge >= 0.3 is 5.97 Å². The molecule has 1 aliphatic heterocycles. The van der Waals surface area contributed by atoms with Crippen molar-refractivity contribution in [1.82, 2.24) is 0 Å². The third-order valence-electron chi connectivity index (χ3n) is 3.57. The van der Waals surface area contributed by atoms with E-state index in [1.165, 1.54) is 12.5 Å². The molecule has 16 heavy (non-hydrogen) atoms. The highest BCUT2D eigenvalue weighted by molar-refractivity contribution is 5.99. The van der Waals surface area contributed by atoms with Crippen LogP contribution in [0, 0.1) is 11.8 Å². The predicted octanol–water partition coefficient (Wildman–Crippen LogP) is 1.66. The molecule has 0 N–H and O–H groups in total. The Bertz CT molecular complexity index is 478. The molecule has 1 aliphatic carbocycles. The molecule has 0 aromatic heterocycles. The van der Waals surface area contributed by atoms with Crippen LogP contribution in [-0.4, -0.2) is 11.8 Å². The molecule has 0 bridgehead atoms. The van der Waals surface area contributed by atoms with E-state index in [4.69, 9.17) is 4.74 Å². The third kappa shape index (κ3) is 1.14. The zero-order valence-electron chi connectivity index (χ0n) is 8.97. The number of benzene rings is 1. The molecular formula is C13H12O3. The first-order valence-corrected chi connectivity index (χ1v) is 5.47. The Labute approximate surface area is 93.4 Å². The summed E-state index contributed by atoms with van der Waals surface area (Å²) >= 11 is 0. The molecule has 3 unspecified atom stereocenters. The van der Waals surface area contributed by atoms with Gasteiger partial charge in [0.05, 0.1) is 0 Å². The van der Waals surface area contributed by atoms with Gasteiger partial charge in [-0.3, -0.25) is 9.59 Å². The summed E-state index contributed by atoms with van der Waals surface area (Å²) in [6.07, 6.45) is 0.578. The summed E-state index contributed by atoms with van der Waals surface area (Å²) in [7, 11) is 0. The maximum Gasteiger partial charge on any atom is 0.317 e. The standard InChI is InChI=1S/C13H12O3/c1-7(14)11-10-6-8-4-2-3-5-9(8)12(10)16-13(11)15/h2-5,10-12H,6H2,1H3. The van der Waals surface area contributed by atoms with Crippen LogP contribution in [0.4, 0.5) is 0 Å². The zero-order chi connectivity index (χ0) is 11.3. The van der Waals surface area contributed by atoms with Crippen molar-refractivity contribution in [2.45, 2.75) is 19.4 Å². The minimum absolute atomic E-state index is 0.0161. The van der Waals surface area contributed by atoms with E-state index in [0.29, 0.717) is 0 Å². The van der Waals surface area contributed by atoms with Crippen molar-refractivity contribution < 1.29 is 14.3 Å². The lowest BCUT2D eigenvalue weighted by molar-refractivity contribution is -0.146. The molecule has 0 amide bonds. The Morgan fingerprint density at radius 2 is 2.12 bits per heavy atom. The van der Waals surface area contributed by atoms with Crippen molar-refractivity contribution in [2.24, 2.45) is 11.8 Å². The number of hydrogen-bond acceptors (Lipinski definition) is 3. The van der Waals surface area contributed by atoms with Gasteiger partial charge in [-0.1, -0.05) is 24.3 Å². The first kappa shape index (κ1) is 9.58. The molecule has 1 fully saturated rings. The molecule has 3 rings (SSSR count). The molecule has 1 aromatic rings. The van der Waals surface area contributed by atoms with Gasteiger partial charge in [0.15, 0.2) is 0 Å².